The lowest BCUT2D eigenvalue weighted by atomic mass is 9.62. The summed E-state index contributed by atoms with van der Waals surface area (Å²) in [5.41, 5.74) is -0.0251. The molecule has 1 saturated carbocycles. The maximum absolute atomic E-state index is 12.9. The average Bonchev–Trinajstić information content (AvgIpc) is 2.57. The van der Waals surface area contributed by atoms with Gasteiger partial charge in [0.15, 0.2) is 0 Å². The smallest absolute Gasteiger partial charge is 0.240 e. The van der Waals surface area contributed by atoms with E-state index in [1.165, 1.54) is 4.90 Å². The standard InChI is InChI=1S/C16H18BrNO2/c1-15(2)12-8-9-16(15,3)14(20)18(13(12)19)11-6-4-10(17)5-7-11/h4-7,12H,8-9H2,1-3H3. The number of halogens is 1. The summed E-state index contributed by atoms with van der Waals surface area (Å²) in [5, 5.41) is 0. The van der Waals surface area contributed by atoms with E-state index >= 15 is 0 Å². The number of anilines is 1. The first-order valence-corrected chi connectivity index (χ1v) is 7.72. The second-order valence-electron chi connectivity index (χ2n) is 6.60. The minimum atomic E-state index is -0.446. The molecule has 0 aromatic heterocycles. The number of amides is 2. The van der Waals surface area contributed by atoms with Gasteiger partial charge in [-0.3, -0.25) is 9.59 Å². The number of rotatable bonds is 1. The van der Waals surface area contributed by atoms with Crippen LogP contribution in [0.3, 0.4) is 0 Å². The molecule has 1 aromatic carbocycles. The van der Waals surface area contributed by atoms with Gasteiger partial charge in [0.1, 0.15) is 0 Å². The van der Waals surface area contributed by atoms with Crippen LogP contribution in [0.15, 0.2) is 28.7 Å². The molecule has 1 aliphatic carbocycles. The number of piperidine rings is 1. The molecule has 1 saturated heterocycles. The highest BCUT2D eigenvalue weighted by Crippen LogP contribution is 2.60. The fraction of sp³-hybridized carbons (Fsp3) is 0.500. The summed E-state index contributed by atoms with van der Waals surface area (Å²) >= 11 is 3.38. The van der Waals surface area contributed by atoms with E-state index in [2.05, 4.69) is 29.8 Å². The summed E-state index contributed by atoms with van der Waals surface area (Å²) in [7, 11) is 0. The molecule has 2 aliphatic rings. The van der Waals surface area contributed by atoms with Gasteiger partial charge in [0.2, 0.25) is 11.8 Å². The van der Waals surface area contributed by atoms with E-state index in [-0.39, 0.29) is 23.1 Å². The Morgan fingerprint density at radius 3 is 2.35 bits per heavy atom. The van der Waals surface area contributed by atoms with E-state index in [1.807, 2.05) is 31.2 Å². The maximum Gasteiger partial charge on any atom is 0.240 e. The van der Waals surface area contributed by atoms with Crippen LogP contribution in [0.2, 0.25) is 0 Å². The molecular weight excluding hydrogens is 318 g/mol. The Hall–Kier alpha value is -1.16. The third-order valence-corrected chi connectivity index (χ3v) is 6.03. The lowest BCUT2D eigenvalue weighted by Gasteiger charge is -2.47. The summed E-state index contributed by atoms with van der Waals surface area (Å²) < 4.78 is 0.938. The molecule has 1 heterocycles. The van der Waals surface area contributed by atoms with Gasteiger partial charge in [-0.05, 0) is 42.5 Å². The van der Waals surface area contributed by atoms with Crippen LogP contribution in [-0.4, -0.2) is 11.8 Å². The van der Waals surface area contributed by atoms with Crippen molar-refractivity contribution in [3.63, 3.8) is 0 Å². The van der Waals surface area contributed by atoms with E-state index in [0.717, 1.165) is 17.3 Å². The van der Waals surface area contributed by atoms with Crippen molar-refractivity contribution in [1.29, 1.82) is 0 Å². The second-order valence-corrected chi connectivity index (χ2v) is 7.52. The van der Waals surface area contributed by atoms with Crippen molar-refractivity contribution < 1.29 is 9.59 Å². The Morgan fingerprint density at radius 1 is 1.15 bits per heavy atom. The maximum atomic E-state index is 12.9. The van der Waals surface area contributed by atoms with E-state index < -0.39 is 5.41 Å². The molecule has 0 N–H and O–H groups in total. The highest BCUT2D eigenvalue weighted by atomic mass is 79.9. The summed E-state index contributed by atoms with van der Waals surface area (Å²) in [6.07, 6.45) is 1.60. The van der Waals surface area contributed by atoms with Gasteiger partial charge in [0.05, 0.1) is 11.1 Å². The first kappa shape index (κ1) is 13.8. The fourth-order valence-corrected chi connectivity index (χ4v) is 3.92. The quantitative estimate of drug-likeness (QED) is 0.732. The van der Waals surface area contributed by atoms with E-state index in [0.29, 0.717) is 5.69 Å². The highest BCUT2D eigenvalue weighted by molar-refractivity contribution is 9.10. The molecule has 2 unspecified atom stereocenters. The Labute approximate surface area is 127 Å². The molecule has 3 rings (SSSR count). The average molecular weight is 336 g/mol. The second kappa shape index (κ2) is 4.17. The number of hydrogen-bond acceptors (Lipinski definition) is 2. The third kappa shape index (κ3) is 1.57. The minimum absolute atomic E-state index is 0.0442. The number of carbonyl (C=O) groups is 2. The van der Waals surface area contributed by atoms with E-state index in [4.69, 9.17) is 0 Å². The molecule has 2 fully saturated rings. The Balaban J connectivity index is 2.09. The normalized spacial score (nSPS) is 31.8. The van der Waals surface area contributed by atoms with Crippen molar-refractivity contribution in [2.24, 2.45) is 16.7 Å². The summed E-state index contributed by atoms with van der Waals surface area (Å²) in [6, 6.07) is 7.36. The molecule has 2 atom stereocenters. The molecule has 1 aliphatic heterocycles. The summed E-state index contributed by atoms with van der Waals surface area (Å²) in [6.45, 7) is 6.12. The van der Waals surface area contributed by atoms with Crippen LogP contribution < -0.4 is 4.90 Å². The third-order valence-electron chi connectivity index (χ3n) is 5.50. The zero-order chi connectivity index (χ0) is 14.7. The van der Waals surface area contributed by atoms with Crippen molar-refractivity contribution in [2.45, 2.75) is 33.6 Å². The molecule has 0 spiro atoms. The van der Waals surface area contributed by atoms with Gasteiger partial charge >= 0.3 is 0 Å². The molecule has 2 bridgehead atoms. The molecular formula is C16H18BrNO2. The van der Waals surface area contributed by atoms with Crippen LogP contribution in [0.5, 0.6) is 0 Å². The van der Waals surface area contributed by atoms with E-state index in [9.17, 15) is 9.59 Å². The van der Waals surface area contributed by atoms with Crippen molar-refractivity contribution in [1.82, 2.24) is 0 Å². The zero-order valence-electron chi connectivity index (χ0n) is 11.9. The number of nitrogens with zero attached hydrogens (tertiary/aromatic N) is 1. The van der Waals surface area contributed by atoms with Gasteiger partial charge in [-0.15, -0.1) is 0 Å². The van der Waals surface area contributed by atoms with Crippen molar-refractivity contribution in [3.8, 4) is 0 Å². The zero-order valence-corrected chi connectivity index (χ0v) is 13.5. The Morgan fingerprint density at radius 2 is 1.75 bits per heavy atom. The van der Waals surface area contributed by atoms with Crippen LogP contribution in [0.1, 0.15) is 33.6 Å². The number of carbonyl (C=O) groups excluding carboxylic acids is 2. The predicted octanol–water partition coefficient (Wildman–Crippen LogP) is 3.76. The van der Waals surface area contributed by atoms with Crippen molar-refractivity contribution in [2.75, 3.05) is 4.90 Å². The Kier molecular flexibility index (Phi) is 2.88. The van der Waals surface area contributed by atoms with Crippen molar-refractivity contribution in [3.05, 3.63) is 28.7 Å². The SMILES string of the molecule is CC12CCC(C(=O)N(c3ccc(Br)cc3)C1=O)C2(C)C. The molecule has 0 radical (unpaired) electrons. The summed E-state index contributed by atoms with van der Waals surface area (Å²) in [4.78, 5) is 27.0. The van der Waals surface area contributed by atoms with Crippen LogP contribution in [0, 0.1) is 16.7 Å². The largest absolute Gasteiger partial charge is 0.274 e. The molecule has 1 aromatic rings. The number of imide groups is 1. The van der Waals surface area contributed by atoms with Crippen LogP contribution in [-0.2, 0) is 9.59 Å². The van der Waals surface area contributed by atoms with Gasteiger partial charge in [-0.1, -0.05) is 36.7 Å². The van der Waals surface area contributed by atoms with Crippen LogP contribution in [0.4, 0.5) is 5.69 Å². The first-order chi connectivity index (χ1) is 9.29. The van der Waals surface area contributed by atoms with Gasteiger partial charge in [-0.25, -0.2) is 4.90 Å². The van der Waals surface area contributed by atoms with Gasteiger partial charge in [0, 0.05) is 10.4 Å². The number of benzene rings is 1. The monoisotopic (exact) mass is 335 g/mol. The molecule has 3 nitrogen and oxygen atoms in total. The number of fused-ring (bicyclic) bond motifs is 2. The van der Waals surface area contributed by atoms with Gasteiger partial charge in [0.25, 0.3) is 0 Å². The predicted molar refractivity (Wildman–Crippen MR) is 81.2 cm³/mol. The topological polar surface area (TPSA) is 37.4 Å². The van der Waals surface area contributed by atoms with Crippen LogP contribution in [0.25, 0.3) is 0 Å². The molecule has 106 valence electrons. The highest BCUT2D eigenvalue weighted by Gasteiger charge is 2.64. The summed E-state index contributed by atoms with van der Waals surface area (Å²) in [5.74, 6) is -0.158. The van der Waals surface area contributed by atoms with Crippen molar-refractivity contribution >= 4 is 33.4 Å². The van der Waals surface area contributed by atoms with Gasteiger partial charge in [-0.2, -0.15) is 0 Å². The first-order valence-electron chi connectivity index (χ1n) is 6.93. The lowest BCUT2D eigenvalue weighted by molar-refractivity contribution is -0.146. The van der Waals surface area contributed by atoms with Crippen LogP contribution >= 0.6 is 15.9 Å². The lowest BCUT2D eigenvalue weighted by Crippen LogP contribution is -2.59. The molecule has 2 amide bonds. The number of hydrogen-bond donors (Lipinski definition) is 0. The minimum Gasteiger partial charge on any atom is -0.274 e. The van der Waals surface area contributed by atoms with Gasteiger partial charge < -0.3 is 0 Å². The molecule has 20 heavy (non-hydrogen) atoms. The molecule has 4 heteroatoms. The van der Waals surface area contributed by atoms with E-state index in [1.54, 1.807) is 0 Å². The Bertz CT molecular complexity index is 593. The fourth-order valence-electron chi connectivity index (χ4n) is 3.65.